The minimum atomic E-state index is -0.703. The van der Waals surface area contributed by atoms with Gasteiger partial charge in [0.25, 0.3) is 0 Å². The van der Waals surface area contributed by atoms with Crippen molar-refractivity contribution in [3.63, 3.8) is 0 Å². The first kappa shape index (κ1) is 13.5. The van der Waals surface area contributed by atoms with Crippen molar-refractivity contribution >= 4 is 5.91 Å². The maximum atomic E-state index is 11.3. The number of hydrogen-bond acceptors (Lipinski definition) is 3. The Morgan fingerprint density at radius 1 is 1.38 bits per heavy atom. The highest BCUT2D eigenvalue weighted by Gasteiger charge is 2.47. The SMILES string of the molecule is CC1(C)CC(NC(C)(C)C(N)=O)C(C)(C)O1. The number of carbonyl (C=O) groups is 1. The molecule has 1 fully saturated rings. The van der Waals surface area contributed by atoms with Gasteiger partial charge >= 0.3 is 0 Å². The number of hydrogen-bond donors (Lipinski definition) is 2. The molecule has 94 valence electrons. The van der Waals surface area contributed by atoms with Crippen LogP contribution in [0.15, 0.2) is 0 Å². The Labute approximate surface area is 97.9 Å². The summed E-state index contributed by atoms with van der Waals surface area (Å²) in [6.07, 6.45) is 0.872. The molecule has 3 N–H and O–H groups in total. The number of amides is 1. The predicted octanol–water partition coefficient (Wildman–Crippen LogP) is 1.19. The zero-order chi connectivity index (χ0) is 12.8. The van der Waals surface area contributed by atoms with Crippen LogP contribution in [0.1, 0.15) is 48.0 Å². The molecule has 0 radical (unpaired) electrons. The lowest BCUT2D eigenvalue weighted by Gasteiger charge is -2.33. The predicted molar refractivity (Wildman–Crippen MR) is 64.1 cm³/mol. The second-order valence-corrected chi connectivity index (χ2v) is 6.36. The Kier molecular flexibility index (Phi) is 3.12. The standard InChI is InChI=1S/C12H24N2O2/c1-10(2)7-8(12(5,6)16-10)14-11(3,4)9(13)15/h8,14H,7H2,1-6H3,(H2,13,15). The normalized spacial score (nSPS) is 28.0. The van der Waals surface area contributed by atoms with E-state index >= 15 is 0 Å². The van der Waals surface area contributed by atoms with Gasteiger partial charge in [-0.3, -0.25) is 10.1 Å². The maximum absolute atomic E-state index is 11.3. The van der Waals surface area contributed by atoms with Gasteiger partial charge in [0, 0.05) is 6.04 Å². The van der Waals surface area contributed by atoms with Gasteiger partial charge in [0.05, 0.1) is 16.7 Å². The molecule has 1 aliphatic heterocycles. The molecule has 1 rings (SSSR count). The Morgan fingerprint density at radius 2 is 1.88 bits per heavy atom. The molecule has 4 heteroatoms. The van der Waals surface area contributed by atoms with Gasteiger partial charge in [0.15, 0.2) is 0 Å². The van der Waals surface area contributed by atoms with Gasteiger partial charge < -0.3 is 10.5 Å². The van der Waals surface area contributed by atoms with Crippen LogP contribution in [-0.4, -0.2) is 28.7 Å². The Balaban J connectivity index is 2.79. The molecule has 16 heavy (non-hydrogen) atoms. The fourth-order valence-corrected chi connectivity index (χ4v) is 2.29. The number of ether oxygens (including phenoxy) is 1. The second kappa shape index (κ2) is 3.70. The van der Waals surface area contributed by atoms with Crippen LogP contribution < -0.4 is 11.1 Å². The highest BCUT2D eigenvalue weighted by atomic mass is 16.5. The first-order valence-corrected chi connectivity index (χ1v) is 5.74. The van der Waals surface area contributed by atoms with Gasteiger partial charge in [0.1, 0.15) is 0 Å². The van der Waals surface area contributed by atoms with Crippen LogP contribution in [0.5, 0.6) is 0 Å². The Bertz CT molecular complexity index is 295. The molecule has 0 aromatic carbocycles. The molecule has 1 aliphatic rings. The van der Waals surface area contributed by atoms with E-state index in [1.165, 1.54) is 0 Å². The number of rotatable bonds is 3. The third-order valence-electron chi connectivity index (χ3n) is 3.23. The van der Waals surface area contributed by atoms with Gasteiger partial charge in [-0.2, -0.15) is 0 Å². The van der Waals surface area contributed by atoms with E-state index in [4.69, 9.17) is 10.5 Å². The van der Waals surface area contributed by atoms with Crippen LogP contribution in [0.4, 0.5) is 0 Å². The van der Waals surface area contributed by atoms with Crippen molar-refractivity contribution in [1.29, 1.82) is 0 Å². The van der Waals surface area contributed by atoms with Gasteiger partial charge in [-0.1, -0.05) is 0 Å². The first-order valence-electron chi connectivity index (χ1n) is 5.74. The first-order chi connectivity index (χ1) is 6.96. The monoisotopic (exact) mass is 228 g/mol. The van der Waals surface area contributed by atoms with E-state index in [-0.39, 0.29) is 23.2 Å². The lowest BCUT2D eigenvalue weighted by molar-refractivity contribution is -0.124. The minimum absolute atomic E-state index is 0.130. The summed E-state index contributed by atoms with van der Waals surface area (Å²) in [5, 5.41) is 3.30. The number of carbonyl (C=O) groups excluding carboxylic acids is 1. The number of primary amides is 1. The Morgan fingerprint density at radius 3 is 2.19 bits per heavy atom. The van der Waals surface area contributed by atoms with Crippen molar-refractivity contribution < 1.29 is 9.53 Å². The molecule has 0 aromatic rings. The largest absolute Gasteiger partial charge is 0.368 e. The minimum Gasteiger partial charge on any atom is -0.368 e. The van der Waals surface area contributed by atoms with E-state index in [0.29, 0.717) is 0 Å². The van der Waals surface area contributed by atoms with Gasteiger partial charge in [-0.05, 0) is 48.0 Å². The van der Waals surface area contributed by atoms with Crippen LogP contribution in [-0.2, 0) is 9.53 Å². The lowest BCUT2D eigenvalue weighted by Crippen LogP contribution is -2.58. The zero-order valence-electron chi connectivity index (χ0n) is 11.2. The highest BCUT2D eigenvalue weighted by Crippen LogP contribution is 2.37. The molecule has 4 nitrogen and oxygen atoms in total. The summed E-state index contributed by atoms with van der Waals surface area (Å²) in [4.78, 5) is 11.3. The molecule has 0 bridgehead atoms. The summed E-state index contributed by atoms with van der Waals surface area (Å²) < 4.78 is 5.96. The molecule has 1 saturated heterocycles. The molecular formula is C12H24N2O2. The molecule has 1 amide bonds. The summed E-state index contributed by atoms with van der Waals surface area (Å²) in [5.41, 5.74) is 4.22. The van der Waals surface area contributed by atoms with Crippen LogP contribution in [0.3, 0.4) is 0 Å². The van der Waals surface area contributed by atoms with Crippen molar-refractivity contribution in [1.82, 2.24) is 5.32 Å². The quantitative estimate of drug-likeness (QED) is 0.762. The van der Waals surface area contributed by atoms with E-state index in [0.717, 1.165) is 6.42 Å². The van der Waals surface area contributed by atoms with E-state index in [9.17, 15) is 4.79 Å². The summed E-state index contributed by atoms with van der Waals surface area (Å²) in [6.45, 7) is 11.8. The van der Waals surface area contributed by atoms with Crippen molar-refractivity contribution in [2.75, 3.05) is 0 Å². The van der Waals surface area contributed by atoms with E-state index in [1.54, 1.807) is 13.8 Å². The van der Waals surface area contributed by atoms with E-state index in [1.807, 2.05) is 13.8 Å². The third-order valence-corrected chi connectivity index (χ3v) is 3.23. The fraction of sp³-hybridized carbons (Fsp3) is 0.917. The van der Waals surface area contributed by atoms with Crippen molar-refractivity contribution in [3.8, 4) is 0 Å². The average molecular weight is 228 g/mol. The molecule has 0 spiro atoms. The topological polar surface area (TPSA) is 64.3 Å². The van der Waals surface area contributed by atoms with Crippen molar-refractivity contribution in [3.05, 3.63) is 0 Å². The number of nitrogens with two attached hydrogens (primary N) is 1. The van der Waals surface area contributed by atoms with Crippen LogP contribution in [0.25, 0.3) is 0 Å². The smallest absolute Gasteiger partial charge is 0.237 e. The van der Waals surface area contributed by atoms with Crippen LogP contribution in [0, 0.1) is 0 Å². The van der Waals surface area contributed by atoms with Crippen molar-refractivity contribution in [2.24, 2.45) is 5.73 Å². The van der Waals surface area contributed by atoms with Gasteiger partial charge in [-0.15, -0.1) is 0 Å². The van der Waals surface area contributed by atoms with Gasteiger partial charge in [0.2, 0.25) is 5.91 Å². The van der Waals surface area contributed by atoms with Gasteiger partial charge in [-0.25, -0.2) is 0 Å². The summed E-state index contributed by atoms with van der Waals surface area (Å²) >= 11 is 0. The van der Waals surface area contributed by atoms with Crippen LogP contribution in [0.2, 0.25) is 0 Å². The second-order valence-electron chi connectivity index (χ2n) is 6.36. The molecule has 1 unspecified atom stereocenters. The molecule has 0 saturated carbocycles. The molecular weight excluding hydrogens is 204 g/mol. The Hall–Kier alpha value is -0.610. The molecule has 0 aliphatic carbocycles. The maximum Gasteiger partial charge on any atom is 0.237 e. The van der Waals surface area contributed by atoms with E-state index < -0.39 is 5.54 Å². The summed E-state index contributed by atoms with van der Waals surface area (Å²) in [6, 6.07) is 0.130. The third kappa shape index (κ3) is 2.74. The fourth-order valence-electron chi connectivity index (χ4n) is 2.29. The average Bonchev–Trinajstić information content (AvgIpc) is 2.17. The lowest BCUT2D eigenvalue weighted by atomic mass is 9.91. The summed E-state index contributed by atoms with van der Waals surface area (Å²) in [5.74, 6) is -0.340. The zero-order valence-corrected chi connectivity index (χ0v) is 11.2. The summed E-state index contributed by atoms with van der Waals surface area (Å²) in [7, 11) is 0. The molecule has 1 atom stereocenters. The molecule has 1 heterocycles. The highest BCUT2D eigenvalue weighted by molar-refractivity contribution is 5.83. The molecule has 0 aromatic heterocycles. The van der Waals surface area contributed by atoms with E-state index in [2.05, 4.69) is 19.2 Å². The van der Waals surface area contributed by atoms with Crippen LogP contribution >= 0.6 is 0 Å². The van der Waals surface area contributed by atoms with Crippen molar-refractivity contribution in [2.45, 2.75) is 70.7 Å². The number of nitrogens with one attached hydrogen (secondary N) is 1.